The smallest absolute Gasteiger partial charge is 0.364 e. The van der Waals surface area contributed by atoms with Gasteiger partial charge in [0.15, 0.2) is 0 Å². The van der Waals surface area contributed by atoms with Crippen molar-refractivity contribution >= 4 is 5.82 Å². The van der Waals surface area contributed by atoms with Crippen LogP contribution in [0, 0.1) is 6.92 Å². The predicted molar refractivity (Wildman–Crippen MR) is 91.6 cm³/mol. The van der Waals surface area contributed by atoms with E-state index in [0.717, 1.165) is 12.1 Å². The van der Waals surface area contributed by atoms with Crippen LogP contribution in [0.5, 0.6) is 0 Å². The van der Waals surface area contributed by atoms with Gasteiger partial charge in [-0.2, -0.15) is 13.2 Å². The summed E-state index contributed by atoms with van der Waals surface area (Å²) in [7, 11) is 1.86. The van der Waals surface area contributed by atoms with Gasteiger partial charge in [-0.1, -0.05) is 6.07 Å². The van der Waals surface area contributed by atoms with Gasteiger partial charge in [-0.3, -0.25) is 0 Å². The van der Waals surface area contributed by atoms with Crippen molar-refractivity contribution in [3.8, 4) is 11.3 Å². The lowest BCUT2D eigenvalue weighted by Gasteiger charge is -2.32. The molecule has 0 saturated carbocycles. The van der Waals surface area contributed by atoms with Gasteiger partial charge in [0, 0.05) is 31.1 Å². The molecule has 3 rings (SSSR count). The van der Waals surface area contributed by atoms with E-state index in [1.54, 1.807) is 19.1 Å². The molecule has 4 nitrogen and oxygen atoms in total. The summed E-state index contributed by atoms with van der Waals surface area (Å²) in [5.74, 6) is 0.519. The van der Waals surface area contributed by atoms with Gasteiger partial charge in [0.05, 0.1) is 11.3 Å². The Morgan fingerprint density at radius 2 is 1.88 bits per heavy atom. The summed E-state index contributed by atoms with van der Waals surface area (Å²) < 4.78 is 51.9. The van der Waals surface area contributed by atoms with Crippen LogP contribution < -0.4 is 5.32 Å². The summed E-state index contributed by atoms with van der Waals surface area (Å²) in [5, 5.41) is 11.4. The summed E-state index contributed by atoms with van der Waals surface area (Å²) in [6.45, 7) is 2.75. The molecular formula is C18H20F4N4. The summed E-state index contributed by atoms with van der Waals surface area (Å²) in [6.07, 6.45) is -4.84. The fraction of sp³-hybridized carbons (Fsp3) is 0.444. The summed E-state index contributed by atoms with van der Waals surface area (Å²) in [5.41, 5.74) is 0.875. The molecule has 8 heteroatoms. The Balaban J connectivity index is 1.73. The average molecular weight is 368 g/mol. The molecule has 0 radical (unpaired) electrons. The van der Waals surface area contributed by atoms with Crippen molar-refractivity contribution in [1.82, 2.24) is 15.1 Å². The fourth-order valence-corrected chi connectivity index (χ4v) is 3.24. The summed E-state index contributed by atoms with van der Waals surface area (Å²) >= 11 is 0. The number of hydrogen-bond acceptors (Lipinski definition) is 4. The van der Waals surface area contributed by atoms with Gasteiger partial charge in [-0.25, -0.2) is 4.39 Å². The van der Waals surface area contributed by atoms with Crippen LogP contribution in [-0.4, -0.2) is 47.4 Å². The molecule has 1 aromatic heterocycles. The van der Waals surface area contributed by atoms with E-state index in [4.69, 9.17) is 0 Å². The molecule has 0 aliphatic carbocycles. The number of aryl methyl sites for hydroxylation is 1. The number of alkyl halides is 4. The first kappa shape index (κ1) is 18.6. The first-order valence-electron chi connectivity index (χ1n) is 8.33. The van der Waals surface area contributed by atoms with E-state index in [1.807, 2.05) is 11.9 Å². The van der Waals surface area contributed by atoms with E-state index in [1.165, 1.54) is 6.07 Å². The normalized spacial score (nSPS) is 21.6. The van der Waals surface area contributed by atoms with Crippen LogP contribution in [-0.2, 0) is 6.18 Å². The molecule has 0 spiro atoms. The maximum atomic E-state index is 13.6. The minimum Gasteiger partial charge on any atom is -0.364 e. The molecular weight excluding hydrogens is 348 g/mol. The van der Waals surface area contributed by atoms with Crippen molar-refractivity contribution in [2.24, 2.45) is 0 Å². The second-order valence-corrected chi connectivity index (χ2v) is 6.73. The standard InChI is InChI=1S/C18H20F4N4/c1-11-7-12(18(20,21)22)3-4-15(11)16-5-6-17(25-24-16)23-14-8-13(19)9-26(2)10-14/h3-7,13-14H,8-10H2,1-2H3,(H,23,25)/t13-,14-/m1/s1. The Kier molecular flexibility index (Phi) is 5.13. The van der Waals surface area contributed by atoms with Crippen LogP contribution >= 0.6 is 0 Å². The number of anilines is 1. The lowest BCUT2D eigenvalue weighted by atomic mass is 10.0. The van der Waals surface area contributed by atoms with Gasteiger partial charge in [-0.05, 0) is 43.8 Å². The van der Waals surface area contributed by atoms with Crippen molar-refractivity contribution in [3.05, 3.63) is 41.5 Å². The van der Waals surface area contributed by atoms with Crippen molar-refractivity contribution < 1.29 is 17.6 Å². The second-order valence-electron chi connectivity index (χ2n) is 6.73. The Bertz CT molecular complexity index is 751. The van der Waals surface area contributed by atoms with Gasteiger partial charge in [-0.15, -0.1) is 10.2 Å². The van der Waals surface area contributed by atoms with Gasteiger partial charge < -0.3 is 10.2 Å². The molecule has 1 aromatic carbocycles. The predicted octanol–water partition coefficient (Wildman–Crippen LogP) is 3.92. The van der Waals surface area contributed by atoms with Crippen LogP contribution in [0.4, 0.5) is 23.4 Å². The third kappa shape index (κ3) is 4.30. The number of benzene rings is 1. The fourth-order valence-electron chi connectivity index (χ4n) is 3.24. The Morgan fingerprint density at radius 3 is 2.46 bits per heavy atom. The van der Waals surface area contributed by atoms with Crippen molar-refractivity contribution in [3.63, 3.8) is 0 Å². The van der Waals surface area contributed by atoms with Crippen LogP contribution in [0.3, 0.4) is 0 Å². The highest BCUT2D eigenvalue weighted by atomic mass is 19.4. The molecule has 140 valence electrons. The number of aromatic nitrogens is 2. The maximum absolute atomic E-state index is 13.6. The maximum Gasteiger partial charge on any atom is 0.416 e. The number of halogens is 4. The third-order valence-corrected chi connectivity index (χ3v) is 4.43. The molecule has 26 heavy (non-hydrogen) atoms. The zero-order chi connectivity index (χ0) is 18.9. The van der Waals surface area contributed by atoms with E-state index < -0.39 is 17.9 Å². The highest BCUT2D eigenvalue weighted by Crippen LogP contribution is 2.32. The third-order valence-electron chi connectivity index (χ3n) is 4.43. The van der Waals surface area contributed by atoms with E-state index >= 15 is 0 Å². The van der Waals surface area contributed by atoms with Crippen LogP contribution in [0.1, 0.15) is 17.5 Å². The topological polar surface area (TPSA) is 41.0 Å². The molecule has 2 atom stereocenters. The molecule has 2 aromatic rings. The average Bonchev–Trinajstić information content (AvgIpc) is 2.54. The van der Waals surface area contributed by atoms with Gasteiger partial charge in [0.2, 0.25) is 0 Å². The van der Waals surface area contributed by atoms with Crippen molar-refractivity contribution in [2.45, 2.75) is 31.7 Å². The first-order valence-corrected chi connectivity index (χ1v) is 8.33. The van der Waals surface area contributed by atoms with Gasteiger partial charge in [0.25, 0.3) is 0 Å². The zero-order valence-corrected chi connectivity index (χ0v) is 14.5. The Hall–Kier alpha value is -2.22. The van der Waals surface area contributed by atoms with E-state index in [9.17, 15) is 17.6 Å². The zero-order valence-electron chi connectivity index (χ0n) is 14.5. The molecule has 0 amide bonds. The first-order chi connectivity index (χ1) is 12.2. The van der Waals surface area contributed by atoms with Crippen LogP contribution in [0.15, 0.2) is 30.3 Å². The van der Waals surface area contributed by atoms with E-state index in [0.29, 0.717) is 42.1 Å². The summed E-state index contributed by atoms with van der Waals surface area (Å²) in [6, 6.07) is 6.89. The molecule has 1 fully saturated rings. The minimum absolute atomic E-state index is 0.0586. The molecule has 1 aliphatic heterocycles. The second kappa shape index (κ2) is 7.19. The molecule has 2 heterocycles. The number of rotatable bonds is 3. The van der Waals surface area contributed by atoms with Crippen LogP contribution in [0.25, 0.3) is 11.3 Å². The van der Waals surface area contributed by atoms with Crippen molar-refractivity contribution in [1.29, 1.82) is 0 Å². The number of likely N-dealkylation sites (tertiary alicyclic amines) is 1. The monoisotopic (exact) mass is 368 g/mol. The summed E-state index contributed by atoms with van der Waals surface area (Å²) in [4.78, 5) is 1.92. The number of nitrogens with zero attached hydrogens (tertiary/aromatic N) is 3. The SMILES string of the molecule is Cc1cc(C(F)(F)F)ccc1-c1ccc(N[C@@H]2C[C@@H](F)CN(C)C2)nn1. The van der Waals surface area contributed by atoms with Gasteiger partial charge in [0.1, 0.15) is 12.0 Å². The number of piperidine rings is 1. The van der Waals surface area contributed by atoms with Crippen LogP contribution in [0.2, 0.25) is 0 Å². The number of hydrogen-bond donors (Lipinski definition) is 1. The number of likely N-dealkylation sites (N-methyl/N-ethyl adjacent to an activating group) is 1. The lowest BCUT2D eigenvalue weighted by Crippen LogP contribution is -2.45. The van der Waals surface area contributed by atoms with Crippen molar-refractivity contribution in [2.75, 3.05) is 25.5 Å². The molecule has 1 N–H and O–H groups in total. The quantitative estimate of drug-likeness (QED) is 0.834. The van der Waals surface area contributed by atoms with Gasteiger partial charge >= 0.3 is 6.18 Å². The van der Waals surface area contributed by atoms with E-state index in [2.05, 4.69) is 15.5 Å². The molecule has 0 bridgehead atoms. The number of nitrogens with one attached hydrogen (secondary N) is 1. The molecule has 0 unspecified atom stereocenters. The molecule has 1 saturated heterocycles. The minimum atomic E-state index is -4.37. The Morgan fingerprint density at radius 1 is 1.12 bits per heavy atom. The highest BCUT2D eigenvalue weighted by Gasteiger charge is 2.30. The highest BCUT2D eigenvalue weighted by molar-refractivity contribution is 5.64. The van der Waals surface area contributed by atoms with E-state index in [-0.39, 0.29) is 6.04 Å². The molecule has 1 aliphatic rings. The lowest BCUT2D eigenvalue weighted by molar-refractivity contribution is -0.137. The Labute approximate surface area is 149 Å². The largest absolute Gasteiger partial charge is 0.416 e.